The molecule has 1 amide bonds. The summed E-state index contributed by atoms with van der Waals surface area (Å²) in [5, 5.41) is 0. The van der Waals surface area contributed by atoms with Crippen molar-refractivity contribution in [1.82, 2.24) is 4.90 Å². The summed E-state index contributed by atoms with van der Waals surface area (Å²) in [7, 11) is 1.86. The summed E-state index contributed by atoms with van der Waals surface area (Å²) in [6.07, 6.45) is 1.08. The van der Waals surface area contributed by atoms with Gasteiger partial charge in [0.1, 0.15) is 6.04 Å². The first-order valence-corrected chi connectivity index (χ1v) is 7.00. The maximum Gasteiger partial charge on any atom is 0.244 e. The number of thioether (sulfide) groups is 1. The zero-order valence-corrected chi connectivity index (χ0v) is 10.8. The normalized spacial score (nSPS) is 21.2. The maximum absolute atomic E-state index is 12.2. The molecule has 17 heavy (non-hydrogen) atoms. The van der Waals surface area contributed by atoms with Crippen molar-refractivity contribution in [1.29, 1.82) is 0 Å². The zero-order chi connectivity index (χ0) is 12.3. The van der Waals surface area contributed by atoms with Gasteiger partial charge < -0.3 is 10.6 Å². The van der Waals surface area contributed by atoms with Crippen molar-refractivity contribution in [3.8, 4) is 0 Å². The number of hydrogen-bond acceptors (Lipinski definition) is 3. The van der Waals surface area contributed by atoms with Crippen molar-refractivity contribution in [2.75, 3.05) is 18.6 Å². The van der Waals surface area contributed by atoms with Crippen LogP contribution in [0.15, 0.2) is 30.3 Å². The topological polar surface area (TPSA) is 46.3 Å². The molecule has 1 unspecified atom stereocenters. The predicted molar refractivity (Wildman–Crippen MR) is 71.9 cm³/mol. The Hall–Kier alpha value is -1.00. The van der Waals surface area contributed by atoms with E-state index in [1.807, 2.05) is 54.0 Å². The number of nitrogens with zero attached hydrogens (tertiary/aromatic N) is 1. The number of carbonyl (C=O) groups is 1. The molecule has 1 fully saturated rings. The molecule has 1 aliphatic heterocycles. The van der Waals surface area contributed by atoms with Crippen molar-refractivity contribution in [2.45, 2.75) is 18.5 Å². The monoisotopic (exact) mass is 250 g/mol. The minimum atomic E-state index is -0.535. The van der Waals surface area contributed by atoms with Gasteiger partial charge in [-0.05, 0) is 17.7 Å². The number of carbonyl (C=O) groups excluding carboxylic acids is 1. The van der Waals surface area contributed by atoms with E-state index in [2.05, 4.69) is 0 Å². The molecule has 92 valence electrons. The summed E-state index contributed by atoms with van der Waals surface area (Å²) in [4.78, 5) is 14.0. The molecule has 1 heterocycles. The lowest BCUT2D eigenvalue weighted by molar-refractivity contribution is -0.133. The summed E-state index contributed by atoms with van der Waals surface area (Å²) in [5.74, 6) is 2.19. The van der Waals surface area contributed by atoms with Gasteiger partial charge in [0.15, 0.2) is 0 Å². The first-order valence-electron chi connectivity index (χ1n) is 5.85. The van der Waals surface area contributed by atoms with E-state index in [-0.39, 0.29) is 5.91 Å². The highest BCUT2D eigenvalue weighted by Gasteiger charge is 2.27. The van der Waals surface area contributed by atoms with Crippen LogP contribution in [0.1, 0.15) is 18.0 Å². The largest absolute Gasteiger partial charge is 0.340 e. The molecule has 0 aromatic heterocycles. The van der Waals surface area contributed by atoms with Crippen LogP contribution in [0.25, 0.3) is 0 Å². The molecule has 0 aliphatic carbocycles. The highest BCUT2D eigenvalue weighted by Crippen LogP contribution is 2.23. The van der Waals surface area contributed by atoms with Gasteiger partial charge in [0.2, 0.25) is 5.91 Å². The Balaban J connectivity index is 2.04. The number of likely N-dealkylation sites (N-methyl/N-ethyl adjacent to an activating group) is 1. The molecule has 3 nitrogen and oxygen atoms in total. The molecule has 0 spiro atoms. The van der Waals surface area contributed by atoms with Crippen LogP contribution in [-0.2, 0) is 4.79 Å². The number of amides is 1. The van der Waals surface area contributed by atoms with Crippen molar-refractivity contribution in [2.24, 2.45) is 5.73 Å². The van der Waals surface area contributed by atoms with E-state index in [1.165, 1.54) is 0 Å². The molecule has 1 aliphatic rings. The number of nitrogens with two attached hydrogens (primary N) is 1. The molecule has 1 aromatic rings. The lowest BCUT2D eigenvalue weighted by Gasteiger charge is -2.26. The maximum atomic E-state index is 12.2. The molecule has 2 atom stereocenters. The Labute approximate surface area is 106 Å². The summed E-state index contributed by atoms with van der Waals surface area (Å²) in [5.41, 5.74) is 6.89. The Kier molecular flexibility index (Phi) is 4.07. The third-order valence-electron chi connectivity index (χ3n) is 3.23. The highest BCUT2D eigenvalue weighted by molar-refractivity contribution is 7.99. The van der Waals surface area contributed by atoms with E-state index in [0.29, 0.717) is 6.04 Å². The average molecular weight is 250 g/mol. The fourth-order valence-electron chi connectivity index (χ4n) is 2.03. The molecule has 4 heteroatoms. The average Bonchev–Trinajstić information content (AvgIpc) is 2.91. The van der Waals surface area contributed by atoms with E-state index in [0.717, 1.165) is 23.5 Å². The fraction of sp³-hybridized carbons (Fsp3) is 0.462. The van der Waals surface area contributed by atoms with Gasteiger partial charge in [0.05, 0.1) is 0 Å². The fourth-order valence-corrected chi connectivity index (χ4v) is 3.30. The second kappa shape index (κ2) is 5.56. The molecule has 0 saturated carbocycles. The third kappa shape index (κ3) is 2.82. The van der Waals surface area contributed by atoms with Gasteiger partial charge in [-0.15, -0.1) is 0 Å². The Morgan fingerprint density at radius 3 is 2.76 bits per heavy atom. The van der Waals surface area contributed by atoms with Crippen molar-refractivity contribution >= 4 is 17.7 Å². The quantitative estimate of drug-likeness (QED) is 0.887. The van der Waals surface area contributed by atoms with E-state index in [1.54, 1.807) is 0 Å². The van der Waals surface area contributed by atoms with Gasteiger partial charge in [-0.2, -0.15) is 11.8 Å². The molecular weight excluding hydrogens is 232 g/mol. The molecule has 0 bridgehead atoms. The van der Waals surface area contributed by atoms with E-state index >= 15 is 0 Å². The van der Waals surface area contributed by atoms with Gasteiger partial charge in [-0.25, -0.2) is 0 Å². The van der Waals surface area contributed by atoms with Gasteiger partial charge in [0, 0.05) is 18.8 Å². The van der Waals surface area contributed by atoms with Crippen molar-refractivity contribution in [3.05, 3.63) is 35.9 Å². The minimum Gasteiger partial charge on any atom is -0.340 e. The smallest absolute Gasteiger partial charge is 0.244 e. The van der Waals surface area contributed by atoms with Crippen LogP contribution in [0.3, 0.4) is 0 Å². The number of benzene rings is 1. The number of rotatable bonds is 3. The van der Waals surface area contributed by atoms with Gasteiger partial charge in [0.25, 0.3) is 0 Å². The molecule has 1 saturated heterocycles. The van der Waals surface area contributed by atoms with Gasteiger partial charge in [-0.1, -0.05) is 30.3 Å². The summed E-state index contributed by atoms with van der Waals surface area (Å²) < 4.78 is 0. The molecule has 0 radical (unpaired) electrons. The lowest BCUT2D eigenvalue weighted by Crippen LogP contribution is -2.42. The van der Waals surface area contributed by atoms with E-state index in [9.17, 15) is 4.79 Å². The van der Waals surface area contributed by atoms with E-state index in [4.69, 9.17) is 5.73 Å². The first kappa shape index (κ1) is 12.5. The molecule has 2 rings (SSSR count). The SMILES string of the molecule is CN(C(=O)[C@H](N)c1ccccc1)C1CCSC1. The van der Waals surface area contributed by atoms with Crippen LogP contribution in [0.4, 0.5) is 0 Å². The molecule has 1 aromatic carbocycles. The lowest BCUT2D eigenvalue weighted by atomic mass is 10.1. The highest BCUT2D eigenvalue weighted by atomic mass is 32.2. The summed E-state index contributed by atoms with van der Waals surface area (Å²) >= 11 is 1.90. The van der Waals surface area contributed by atoms with Gasteiger partial charge in [-0.3, -0.25) is 4.79 Å². The van der Waals surface area contributed by atoms with Crippen LogP contribution in [0, 0.1) is 0 Å². The Bertz CT molecular complexity index is 376. The second-order valence-corrected chi connectivity index (χ2v) is 5.50. The zero-order valence-electron chi connectivity index (χ0n) is 10.0. The van der Waals surface area contributed by atoms with Crippen LogP contribution in [0.5, 0.6) is 0 Å². The number of hydrogen-bond donors (Lipinski definition) is 1. The Morgan fingerprint density at radius 2 is 2.18 bits per heavy atom. The van der Waals surface area contributed by atoms with Crippen LogP contribution in [0.2, 0.25) is 0 Å². The summed E-state index contributed by atoms with van der Waals surface area (Å²) in [6.45, 7) is 0. The first-order chi connectivity index (χ1) is 8.20. The molecular formula is C13H18N2OS. The summed E-state index contributed by atoms with van der Waals surface area (Å²) in [6, 6.07) is 9.37. The Morgan fingerprint density at radius 1 is 1.47 bits per heavy atom. The second-order valence-electron chi connectivity index (χ2n) is 4.35. The van der Waals surface area contributed by atoms with Crippen LogP contribution in [-0.4, -0.2) is 35.4 Å². The minimum absolute atomic E-state index is 0.0173. The molecule has 2 N–H and O–H groups in total. The van der Waals surface area contributed by atoms with Crippen LogP contribution < -0.4 is 5.73 Å². The van der Waals surface area contributed by atoms with Crippen LogP contribution >= 0.6 is 11.8 Å². The predicted octanol–water partition coefficient (Wildman–Crippen LogP) is 1.65. The van der Waals surface area contributed by atoms with Gasteiger partial charge >= 0.3 is 0 Å². The van der Waals surface area contributed by atoms with Crippen molar-refractivity contribution in [3.63, 3.8) is 0 Å². The van der Waals surface area contributed by atoms with Crippen molar-refractivity contribution < 1.29 is 4.79 Å². The standard InChI is InChI=1S/C13H18N2OS/c1-15(11-7-8-17-9-11)13(16)12(14)10-5-3-2-4-6-10/h2-6,11-12H,7-9,14H2,1H3/t11?,12-/m1/s1. The van der Waals surface area contributed by atoms with E-state index < -0.39 is 6.04 Å². The third-order valence-corrected chi connectivity index (χ3v) is 4.37.